The number of benzene rings is 1. The summed E-state index contributed by atoms with van der Waals surface area (Å²) in [6.45, 7) is 7.65. The van der Waals surface area contributed by atoms with Gasteiger partial charge in [0.1, 0.15) is 12.7 Å². The van der Waals surface area contributed by atoms with Crippen LogP contribution in [0.1, 0.15) is 24.8 Å². The minimum absolute atomic E-state index is 0.286. The molecule has 0 saturated carbocycles. The highest BCUT2D eigenvalue weighted by Crippen LogP contribution is 2.29. The van der Waals surface area contributed by atoms with E-state index >= 15 is 0 Å². The van der Waals surface area contributed by atoms with Crippen molar-refractivity contribution in [1.29, 1.82) is 0 Å². The Bertz CT molecular complexity index is 541. The molecule has 0 bridgehead atoms. The Labute approximate surface area is 156 Å². The number of rotatable bonds is 8. The highest BCUT2D eigenvalue weighted by Gasteiger charge is 2.17. The Kier molecular flexibility index (Phi) is 7.55. The van der Waals surface area contributed by atoms with Gasteiger partial charge in [-0.2, -0.15) is 0 Å². The van der Waals surface area contributed by atoms with Gasteiger partial charge in [0.2, 0.25) is 0 Å². The van der Waals surface area contributed by atoms with Crippen molar-refractivity contribution < 1.29 is 19.3 Å². The molecule has 2 aliphatic heterocycles. The van der Waals surface area contributed by atoms with Crippen LogP contribution in [0.2, 0.25) is 0 Å². The standard InChI is InChI=1S/C20H32N2O4/c1-24-19-6-5-17(14-22-9-4-11-25-12-10-22)13-20(19)26-16-18(23)15-21-7-2-3-8-21/h5-6,13,18,23H,2-4,7-12,14-16H2,1H3. The summed E-state index contributed by atoms with van der Waals surface area (Å²) in [5, 5.41) is 10.3. The fraction of sp³-hybridized carbons (Fsp3) is 0.700. The third kappa shape index (κ3) is 5.84. The molecule has 1 aromatic carbocycles. The van der Waals surface area contributed by atoms with Gasteiger partial charge in [0.25, 0.3) is 0 Å². The van der Waals surface area contributed by atoms with Crippen molar-refractivity contribution in [2.45, 2.75) is 31.9 Å². The van der Waals surface area contributed by atoms with E-state index in [0.717, 1.165) is 52.4 Å². The first-order chi connectivity index (χ1) is 12.7. The third-order valence-electron chi connectivity index (χ3n) is 5.05. The summed E-state index contributed by atoms with van der Waals surface area (Å²) in [7, 11) is 1.65. The Morgan fingerprint density at radius 2 is 1.85 bits per heavy atom. The minimum atomic E-state index is -0.482. The van der Waals surface area contributed by atoms with Gasteiger partial charge in [-0.15, -0.1) is 0 Å². The van der Waals surface area contributed by atoms with Gasteiger partial charge in [0.15, 0.2) is 11.5 Å². The first-order valence-electron chi connectivity index (χ1n) is 9.75. The molecule has 6 nitrogen and oxygen atoms in total. The van der Waals surface area contributed by atoms with E-state index in [0.29, 0.717) is 18.0 Å². The molecule has 2 saturated heterocycles. The van der Waals surface area contributed by atoms with Gasteiger partial charge < -0.3 is 24.2 Å². The van der Waals surface area contributed by atoms with E-state index < -0.39 is 6.10 Å². The maximum atomic E-state index is 10.3. The molecule has 1 aromatic rings. The van der Waals surface area contributed by atoms with Crippen molar-refractivity contribution >= 4 is 0 Å². The van der Waals surface area contributed by atoms with Gasteiger partial charge in [0, 0.05) is 32.8 Å². The predicted molar refractivity (Wildman–Crippen MR) is 101 cm³/mol. The van der Waals surface area contributed by atoms with Crippen LogP contribution < -0.4 is 9.47 Å². The van der Waals surface area contributed by atoms with Gasteiger partial charge in [-0.05, 0) is 50.0 Å². The molecule has 0 spiro atoms. The Morgan fingerprint density at radius 1 is 1.04 bits per heavy atom. The molecular weight excluding hydrogens is 332 g/mol. The Hall–Kier alpha value is -1.34. The molecule has 2 aliphatic rings. The largest absolute Gasteiger partial charge is 0.493 e. The molecule has 0 amide bonds. The lowest BCUT2D eigenvalue weighted by molar-refractivity contribution is 0.0746. The molecule has 26 heavy (non-hydrogen) atoms. The summed E-state index contributed by atoms with van der Waals surface area (Å²) in [4.78, 5) is 4.70. The SMILES string of the molecule is COc1ccc(CN2CCCOCC2)cc1OCC(O)CN1CCCC1. The number of nitrogens with zero attached hydrogens (tertiary/aromatic N) is 2. The molecule has 0 radical (unpaired) electrons. The van der Waals surface area contributed by atoms with Crippen LogP contribution in [0.3, 0.4) is 0 Å². The van der Waals surface area contributed by atoms with E-state index in [1.54, 1.807) is 7.11 Å². The highest BCUT2D eigenvalue weighted by molar-refractivity contribution is 5.43. The first kappa shape index (κ1) is 19.4. The van der Waals surface area contributed by atoms with Gasteiger partial charge in [0.05, 0.1) is 13.7 Å². The van der Waals surface area contributed by atoms with Crippen molar-refractivity contribution in [3.63, 3.8) is 0 Å². The first-order valence-corrected chi connectivity index (χ1v) is 9.75. The van der Waals surface area contributed by atoms with E-state index in [-0.39, 0.29) is 6.61 Å². The van der Waals surface area contributed by atoms with Gasteiger partial charge in [-0.1, -0.05) is 6.07 Å². The lowest BCUT2D eigenvalue weighted by Crippen LogP contribution is -2.33. The molecule has 1 unspecified atom stereocenters. The monoisotopic (exact) mass is 364 g/mol. The maximum Gasteiger partial charge on any atom is 0.161 e. The van der Waals surface area contributed by atoms with Crippen LogP contribution in [0.4, 0.5) is 0 Å². The smallest absolute Gasteiger partial charge is 0.161 e. The van der Waals surface area contributed by atoms with Crippen LogP contribution in [0.25, 0.3) is 0 Å². The second kappa shape index (κ2) is 10.1. The lowest BCUT2D eigenvalue weighted by Gasteiger charge is -2.22. The maximum absolute atomic E-state index is 10.3. The zero-order chi connectivity index (χ0) is 18.2. The fourth-order valence-electron chi connectivity index (χ4n) is 3.65. The number of β-amino-alcohol motifs (C(OH)–C–C–N with tert-alkyl or cyclic N) is 1. The second-order valence-electron chi connectivity index (χ2n) is 7.20. The van der Waals surface area contributed by atoms with Crippen LogP contribution in [-0.2, 0) is 11.3 Å². The number of aliphatic hydroxyl groups is 1. The normalized spacial score (nSPS) is 20.7. The van der Waals surface area contributed by atoms with Crippen molar-refractivity contribution in [2.75, 3.05) is 59.7 Å². The minimum Gasteiger partial charge on any atom is -0.493 e. The number of ether oxygens (including phenoxy) is 3. The lowest BCUT2D eigenvalue weighted by atomic mass is 10.2. The van der Waals surface area contributed by atoms with Gasteiger partial charge in [-0.25, -0.2) is 0 Å². The zero-order valence-corrected chi connectivity index (χ0v) is 15.9. The van der Waals surface area contributed by atoms with Crippen LogP contribution in [0.15, 0.2) is 18.2 Å². The van der Waals surface area contributed by atoms with Crippen LogP contribution >= 0.6 is 0 Å². The topological polar surface area (TPSA) is 54.4 Å². The third-order valence-corrected chi connectivity index (χ3v) is 5.05. The number of hydrogen-bond acceptors (Lipinski definition) is 6. The van der Waals surface area contributed by atoms with Crippen LogP contribution in [0, 0.1) is 0 Å². The summed E-state index contributed by atoms with van der Waals surface area (Å²) in [5.74, 6) is 1.41. The molecule has 1 N–H and O–H groups in total. The molecule has 0 aromatic heterocycles. The average molecular weight is 364 g/mol. The van der Waals surface area contributed by atoms with E-state index in [2.05, 4.69) is 15.9 Å². The molecule has 2 fully saturated rings. The molecule has 1 atom stereocenters. The van der Waals surface area contributed by atoms with Crippen molar-refractivity contribution in [1.82, 2.24) is 9.80 Å². The molecule has 3 rings (SSSR count). The number of hydrogen-bond donors (Lipinski definition) is 1. The molecule has 6 heteroatoms. The van der Waals surface area contributed by atoms with Crippen molar-refractivity contribution in [3.05, 3.63) is 23.8 Å². The summed E-state index contributed by atoms with van der Waals surface area (Å²) in [6.07, 6.45) is 3.04. The predicted octanol–water partition coefficient (Wildman–Crippen LogP) is 1.75. The molecule has 146 valence electrons. The van der Waals surface area contributed by atoms with Crippen molar-refractivity contribution in [2.24, 2.45) is 0 Å². The van der Waals surface area contributed by atoms with Crippen molar-refractivity contribution in [3.8, 4) is 11.5 Å². The molecular formula is C20H32N2O4. The number of aliphatic hydroxyl groups excluding tert-OH is 1. The van der Waals surface area contributed by atoms with Gasteiger partial charge in [-0.3, -0.25) is 4.90 Å². The second-order valence-corrected chi connectivity index (χ2v) is 7.20. The molecule has 0 aliphatic carbocycles. The zero-order valence-electron chi connectivity index (χ0n) is 15.9. The summed E-state index contributed by atoms with van der Waals surface area (Å²) >= 11 is 0. The summed E-state index contributed by atoms with van der Waals surface area (Å²) in [5.41, 5.74) is 1.19. The van der Waals surface area contributed by atoms with Crippen LogP contribution in [0.5, 0.6) is 11.5 Å². The Balaban J connectivity index is 1.55. The van der Waals surface area contributed by atoms with E-state index in [1.807, 2.05) is 12.1 Å². The molecule has 2 heterocycles. The quantitative estimate of drug-likeness (QED) is 0.759. The fourth-order valence-corrected chi connectivity index (χ4v) is 3.65. The average Bonchev–Trinajstić information content (AvgIpc) is 3.02. The summed E-state index contributed by atoms with van der Waals surface area (Å²) in [6, 6.07) is 6.07. The summed E-state index contributed by atoms with van der Waals surface area (Å²) < 4.78 is 16.9. The number of methoxy groups -OCH3 is 1. The van der Waals surface area contributed by atoms with Gasteiger partial charge >= 0.3 is 0 Å². The Morgan fingerprint density at radius 3 is 2.65 bits per heavy atom. The highest BCUT2D eigenvalue weighted by atomic mass is 16.5. The number of likely N-dealkylation sites (tertiary alicyclic amines) is 1. The van der Waals surface area contributed by atoms with E-state index in [1.165, 1.54) is 18.4 Å². The van der Waals surface area contributed by atoms with E-state index in [9.17, 15) is 5.11 Å². The van der Waals surface area contributed by atoms with Crippen LogP contribution in [-0.4, -0.2) is 80.7 Å². The van der Waals surface area contributed by atoms with E-state index in [4.69, 9.17) is 14.2 Å².